The van der Waals surface area contributed by atoms with Gasteiger partial charge in [-0.05, 0) is 37.3 Å². The first-order valence-corrected chi connectivity index (χ1v) is 10.8. The summed E-state index contributed by atoms with van der Waals surface area (Å²) in [7, 11) is 0. The van der Waals surface area contributed by atoms with Crippen LogP contribution in [0.2, 0.25) is 0 Å². The van der Waals surface area contributed by atoms with E-state index in [4.69, 9.17) is 16.0 Å². The molecule has 1 atom stereocenters. The number of hydrogen-bond donors (Lipinski definition) is 4. The zero-order chi connectivity index (χ0) is 23.1. The average molecular weight is 442 g/mol. The molecule has 1 fully saturated rings. The molecule has 1 amide bonds. The third-order valence-electron chi connectivity index (χ3n) is 5.44. The van der Waals surface area contributed by atoms with Crippen molar-refractivity contribution in [3.8, 4) is 0 Å². The Morgan fingerprint density at radius 2 is 2.03 bits per heavy atom. The van der Waals surface area contributed by atoms with Crippen LogP contribution in [0.25, 0.3) is 0 Å². The molecule has 172 valence electrons. The Labute approximate surface area is 187 Å². The fourth-order valence-corrected chi connectivity index (χ4v) is 3.48. The van der Waals surface area contributed by atoms with Crippen LogP contribution >= 0.6 is 0 Å². The highest BCUT2D eigenvalue weighted by Crippen LogP contribution is 2.08. The van der Waals surface area contributed by atoms with E-state index in [1.54, 1.807) is 13.1 Å². The number of nitrogens with two attached hydrogens (primary N) is 1. The largest absolute Gasteiger partial charge is 0.368 e. The van der Waals surface area contributed by atoms with Gasteiger partial charge in [0.15, 0.2) is 5.82 Å². The Morgan fingerprint density at radius 1 is 1.31 bits per heavy atom. The van der Waals surface area contributed by atoms with Crippen LogP contribution in [0.5, 0.6) is 0 Å². The van der Waals surface area contributed by atoms with E-state index < -0.39 is 0 Å². The second kappa shape index (κ2) is 10.8. The maximum atomic E-state index is 12.9. The molecule has 1 aliphatic rings. The smallest absolute Gasteiger partial charge is 0.293 e. The zero-order valence-corrected chi connectivity index (χ0v) is 18.6. The standard InChI is InChI=1S/C22H31N7O3/c1-3-16-4-6-17(7-5-16)8-10-25-20-21(31)28(15(2)12-26-20)13-19(30)27-18-9-11-29(22(23)24)32-14-18/h4-7,12,18H,3,8-11,13-14H2,1-2H3,(H3,23,24)(H,25,26)(H,27,30). The molecule has 0 spiro atoms. The maximum absolute atomic E-state index is 12.9. The number of hydrogen-bond acceptors (Lipinski definition) is 6. The molecule has 2 heterocycles. The highest BCUT2D eigenvalue weighted by molar-refractivity contribution is 5.76. The third kappa shape index (κ3) is 6.07. The summed E-state index contributed by atoms with van der Waals surface area (Å²) in [4.78, 5) is 34.9. The molecule has 5 N–H and O–H groups in total. The van der Waals surface area contributed by atoms with Crippen LogP contribution in [0.1, 0.15) is 30.2 Å². The minimum atomic E-state index is -0.330. The molecule has 0 aliphatic carbocycles. The number of carbonyl (C=O) groups is 1. The van der Waals surface area contributed by atoms with Crippen LogP contribution in [0.3, 0.4) is 0 Å². The van der Waals surface area contributed by atoms with E-state index in [0.717, 1.165) is 12.8 Å². The number of rotatable bonds is 8. The van der Waals surface area contributed by atoms with Gasteiger partial charge in [0.05, 0.1) is 19.2 Å². The Kier molecular flexibility index (Phi) is 7.82. The highest BCUT2D eigenvalue weighted by atomic mass is 16.7. The van der Waals surface area contributed by atoms with E-state index in [1.165, 1.54) is 20.8 Å². The lowest BCUT2D eigenvalue weighted by molar-refractivity contribution is -0.143. The second-order valence-corrected chi connectivity index (χ2v) is 7.82. The lowest BCUT2D eigenvalue weighted by Gasteiger charge is -2.31. The van der Waals surface area contributed by atoms with Crippen LogP contribution in [0.15, 0.2) is 35.3 Å². The van der Waals surface area contributed by atoms with Gasteiger partial charge in [-0.15, -0.1) is 0 Å². The lowest BCUT2D eigenvalue weighted by Crippen LogP contribution is -2.50. The van der Waals surface area contributed by atoms with E-state index in [9.17, 15) is 9.59 Å². The minimum absolute atomic E-state index is 0.104. The summed E-state index contributed by atoms with van der Waals surface area (Å²) in [5.74, 6) is -0.216. The van der Waals surface area contributed by atoms with Crippen molar-refractivity contribution in [1.82, 2.24) is 19.9 Å². The summed E-state index contributed by atoms with van der Waals surface area (Å²) >= 11 is 0. The molecule has 2 aromatic rings. The van der Waals surface area contributed by atoms with Crippen molar-refractivity contribution in [1.29, 1.82) is 5.41 Å². The summed E-state index contributed by atoms with van der Waals surface area (Å²) < 4.78 is 1.41. The second-order valence-electron chi connectivity index (χ2n) is 7.82. The van der Waals surface area contributed by atoms with Crippen LogP contribution < -0.4 is 21.9 Å². The Hall–Kier alpha value is -3.40. The number of aromatic nitrogens is 2. The van der Waals surface area contributed by atoms with Gasteiger partial charge in [-0.3, -0.25) is 24.4 Å². The SMILES string of the molecule is CCc1ccc(CCNc2ncc(C)n(CC(=O)NC3CCN(C(=N)N)OC3)c2=O)cc1. The van der Waals surface area contributed by atoms with Crippen LogP contribution in [-0.2, 0) is 29.0 Å². The van der Waals surface area contributed by atoms with Crippen molar-refractivity contribution in [2.24, 2.45) is 5.73 Å². The number of carbonyl (C=O) groups excluding carboxylic acids is 1. The lowest BCUT2D eigenvalue weighted by atomic mass is 10.1. The molecule has 0 radical (unpaired) electrons. The molecular formula is C22H31N7O3. The minimum Gasteiger partial charge on any atom is -0.368 e. The maximum Gasteiger partial charge on any atom is 0.293 e. The van der Waals surface area contributed by atoms with Gasteiger partial charge in [-0.2, -0.15) is 0 Å². The Morgan fingerprint density at radius 3 is 2.66 bits per heavy atom. The molecule has 1 aliphatic heterocycles. The first-order valence-electron chi connectivity index (χ1n) is 10.8. The van der Waals surface area contributed by atoms with Crippen molar-refractivity contribution in [3.05, 3.63) is 57.6 Å². The van der Waals surface area contributed by atoms with Crippen molar-refractivity contribution >= 4 is 17.7 Å². The van der Waals surface area contributed by atoms with Gasteiger partial charge in [-0.25, -0.2) is 10.0 Å². The number of aryl methyl sites for hydroxylation is 2. The first kappa shape index (κ1) is 23.3. The molecule has 0 saturated carbocycles. The third-order valence-corrected chi connectivity index (χ3v) is 5.44. The predicted octanol–water partition coefficient (Wildman–Crippen LogP) is 0.784. The number of benzene rings is 1. The quantitative estimate of drug-likeness (QED) is 0.351. The number of nitrogens with zero attached hydrogens (tertiary/aromatic N) is 3. The van der Waals surface area contributed by atoms with Gasteiger partial charge >= 0.3 is 0 Å². The zero-order valence-electron chi connectivity index (χ0n) is 18.6. The molecule has 10 heteroatoms. The number of anilines is 1. The summed E-state index contributed by atoms with van der Waals surface area (Å²) in [6.45, 7) is 4.97. The molecular weight excluding hydrogens is 410 g/mol. The monoisotopic (exact) mass is 441 g/mol. The summed E-state index contributed by atoms with van der Waals surface area (Å²) in [5.41, 5.74) is 8.14. The Bertz CT molecular complexity index is 996. The number of nitrogens with one attached hydrogen (secondary N) is 3. The van der Waals surface area contributed by atoms with Gasteiger partial charge < -0.3 is 16.4 Å². The first-order chi connectivity index (χ1) is 15.4. The van der Waals surface area contributed by atoms with Gasteiger partial charge in [0.2, 0.25) is 11.9 Å². The van der Waals surface area contributed by atoms with E-state index in [2.05, 4.69) is 46.8 Å². The topological polar surface area (TPSA) is 138 Å². The van der Waals surface area contributed by atoms with E-state index in [0.29, 0.717) is 25.2 Å². The number of hydroxylamine groups is 2. The van der Waals surface area contributed by atoms with Gasteiger partial charge in [0.1, 0.15) is 6.54 Å². The Balaban J connectivity index is 1.55. The normalized spacial score (nSPS) is 15.9. The van der Waals surface area contributed by atoms with Crippen molar-refractivity contribution in [2.45, 2.75) is 45.7 Å². The van der Waals surface area contributed by atoms with Gasteiger partial charge in [0, 0.05) is 18.4 Å². The van der Waals surface area contributed by atoms with Crippen molar-refractivity contribution in [3.63, 3.8) is 0 Å². The van der Waals surface area contributed by atoms with Crippen molar-refractivity contribution in [2.75, 3.05) is 25.0 Å². The average Bonchev–Trinajstić information content (AvgIpc) is 2.79. The fraction of sp³-hybridized carbons (Fsp3) is 0.455. The fourth-order valence-electron chi connectivity index (χ4n) is 3.48. The summed E-state index contributed by atoms with van der Waals surface area (Å²) in [5, 5.41) is 14.6. The molecule has 1 aromatic heterocycles. The molecule has 1 aromatic carbocycles. The van der Waals surface area contributed by atoms with Gasteiger partial charge in [-0.1, -0.05) is 31.2 Å². The molecule has 1 unspecified atom stereocenters. The number of amides is 1. The van der Waals surface area contributed by atoms with Crippen molar-refractivity contribution < 1.29 is 9.63 Å². The highest BCUT2D eigenvalue weighted by Gasteiger charge is 2.23. The molecule has 1 saturated heterocycles. The summed E-state index contributed by atoms with van der Waals surface area (Å²) in [6, 6.07) is 8.21. The molecule has 0 bridgehead atoms. The molecule has 32 heavy (non-hydrogen) atoms. The molecule has 3 rings (SSSR count). The van der Waals surface area contributed by atoms with Crippen LogP contribution in [0.4, 0.5) is 5.82 Å². The molecule has 10 nitrogen and oxygen atoms in total. The van der Waals surface area contributed by atoms with Gasteiger partial charge in [0.25, 0.3) is 5.56 Å². The predicted molar refractivity (Wildman–Crippen MR) is 122 cm³/mol. The summed E-state index contributed by atoms with van der Waals surface area (Å²) in [6.07, 6.45) is 3.95. The van der Waals surface area contributed by atoms with Crippen LogP contribution in [-0.4, -0.2) is 52.2 Å². The van der Waals surface area contributed by atoms with E-state index in [-0.39, 0.29) is 42.4 Å². The van der Waals surface area contributed by atoms with E-state index >= 15 is 0 Å². The number of guanidine groups is 1. The van der Waals surface area contributed by atoms with E-state index in [1.807, 2.05) is 0 Å². The van der Waals surface area contributed by atoms with Crippen LogP contribution in [0, 0.1) is 12.3 Å².